The van der Waals surface area contributed by atoms with Gasteiger partial charge in [-0.05, 0) is 63.1 Å². The molecule has 1 aromatic carbocycles. The Balaban J connectivity index is 2.39. The number of primary amides is 2. The number of aliphatic imine (C=N–C) groups is 2. The number of carboxylic acid groups (broad SMARTS) is 1. The van der Waals surface area contributed by atoms with Crippen LogP contribution in [0.2, 0.25) is 0 Å². The lowest BCUT2D eigenvalue weighted by Crippen LogP contribution is -2.59. The van der Waals surface area contributed by atoms with Crippen LogP contribution in [0.15, 0.2) is 34.3 Å². The Morgan fingerprint density at radius 3 is 1.70 bits per heavy atom. The predicted molar refractivity (Wildman–Crippen MR) is 291 cm³/mol. The Hall–Kier alpha value is -8.10. The van der Waals surface area contributed by atoms with Crippen LogP contribution >= 0.6 is 25.3 Å². The Bertz CT molecular complexity index is 2390. The van der Waals surface area contributed by atoms with E-state index in [-0.39, 0.29) is 88.0 Å². The van der Waals surface area contributed by atoms with Crippen LogP contribution in [-0.4, -0.2) is 186 Å². The van der Waals surface area contributed by atoms with E-state index in [1.165, 1.54) is 0 Å². The van der Waals surface area contributed by atoms with E-state index in [1.807, 2.05) is 0 Å². The number of carbonyl (C=O) groups excluding carboxylic acids is 11. The summed E-state index contributed by atoms with van der Waals surface area (Å²) in [6.07, 6.45) is -1.65. The molecule has 1 heterocycles. The average Bonchev–Trinajstić information content (AvgIpc) is 3.88. The number of hydrogen-bond acceptors (Lipinski definition) is 17. The number of likely N-dealkylation sites (tertiary alicyclic amines) is 1. The zero-order chi connectivity index (χ0) is 59.4. The lowest BCUT2D eigenvalue weighted by atomic mass is 10.0. The number of ether oxygens (including phenoxy) is 1. The Labute approximate surface area is 465 Å². The third-order valence-corrected chi connectivity index (χ3v) is 12.2. The van der Waals surface area contributed by atoms with Crippen LogP contribution in [0.5, 0.6) is 5.75 Å². The first kappa shape index (κ1) is 67.0. The summed E-state index contributed by atoms with van der Waals surface area (Å²) in [7, 11) is 0. The van der Waals surface area contributed by atoms with Gasteiger partial charge in [0.05, 0.1) is 26.0 Å². The number of nitrogens with one attached hydrogen (secondary N) is 8. The number of thiol groups is 2. The number of nitrogens with zero attached hydrogens (tertiary/aromatic N) is 3. The summed E-state index contributed by atoms with van der Waals surface area (Å²) < 4.78 is 5.49. The lowest BCUT2D eigenvalue weighted by molar-refractivity contribution is -0.143. The SMILES string of the molecule is CCOc1ccc(C[C@H](NC(=O)[C@H](CC(=O)O)NC(=O)CNC(=O)[C@H](CCCN=C(N)N)NC(=O)[C@@H]2CCCN2C(=O)[C@H](CC(N)=O)NC(=O)[C@H](CS)NC(C)=O)C(=O)N[C@@H](CCCN=C(N)N)C(=O)N[C@@H](CS)C(N)=O)cc1. The maximum atomic E-state index is 14.1. The molecule has 2 rings (SSSR count). The number of benzene rings is 1. The molecule has 33 heteroatoms. The molecule has 21 N–H and O–H groups in total. The Morgan fingerprint density at radius 1 is 0.658 bits per heavy atom. The van der Waals surface area contributed by atoms with E-state index in [0.29, 0.717) is 17.9 Å². The molecule has 8 atom stereocenters. The molecule has 11 amide bonds. The van der Waals surface area contributed by atoms with Gasteiger partial charge in [-0.1, -0.05) is 12.1 Å². The number of rotatable bonds is 35. The first-order chi connectivity index (χ1) is 37.3. The summed E-state index contributed by atoms with van der Waals surface area (Å²) in [5.41, 5.74) is 33.0. The molecule has 438 valence electrons. The number of nitrogens with two attached hydrogens (primary N) is 6. The van der Waals surface area contributed by atoms with E-state index in [2.05, 4.69) is 77.8 Å². The van der Waals surface area contributed by atoms with E-state index >= 15 is 0 Å². The monoisotopic (exact) mass is 1150 g/mol. The fourth-order valence-electron chi connectivity index (χ4n) is 7.71. The van der Waals surface area contributed by atoms with Crippen molar-refractivity contribution in [1.29, 1.82) is 0 Å². The Morgan fingerprint density at radius 2 is 1.18 bits per heavy atom. The van der Waals surface area contributed by atoms with E-state index < -0.39 is 139 Å². The van der Waals surface area contributed by atoms with Crippen molar-refractivity contribution in [1.82, 2.24) is 47.4 Å². The van der Waals surface area contributed by atoms with Gasteiger partial charge in [-0.2, -0.15) is 25.3 Å². The Kier molecular flexibility index (Phi) is 29.4. The number of amides is 11. The third-order valence-electron chi connectivity index (χ3n) is 11.5. The van der Waals surface area contributed by atoms with Crippen molar-refractivity contribution in [3.05, 3.63) is 29.8 Å². The molecule has 0 spiro atoms. The van der Waals surface area contributed by atoms with Gasteiger partial charge in [0.15, 0.2) is 11.9 Å². The highest BCUT2D eigenvalue weighted by Crippen LogP contribution is 2.20. The first-order valence-electron chi connectivity index (χ1n) is 24.8. The molecule has 1 aliphatic heterocycles. The minimum atomic E-state index is -1.89. The van der Waals surface area contributed by atoms with Gasteiger partial charge in [0.2, 0.25) is 65.0 Å². The molecule has 79 heavy (non-hydrogen) atoms. The number of aliphatic carboxylic acids is 1. The summed E-state index contributed by atoms with van der Waals surface area (Å²) in [6, 6.07) is -5.15. The maximum absolute atomic E-state index is 14.1. The molecule has 0 aromatic heterocycles. The van der Waals surface area contributed by atoms with Gasteiger partial charge in [0.25, 0.3) is 0 Å². The zero-order valence-electron chi connectivity index (χ0n) is 43.7. The molecule has 0 aliphatic carbocycles. The molecule has 1 fully saturated rings. The smallest absolute Gasteiger partial charge is 0.305 e. The highest BCUT2D eigenvalue weighted by atomic mass is 32.1. The van der Waals surface area contributed by atoms with E-state index in [0.717, 1.165) is 11.8 Å². The summed E-state index contributed by atoms with van der Waals surface area (Å²) >= 11 is 8.10. The van der Waals surface area contributed by atoms with Crippen molar-refractivity contribution >= 4 is 108 Å². The molecule has 0 unspecified atom stereocenters. The highest BCUT2D eigenvalue weighted by Gasteiger charge is 2.40. The summed E-state index contributed by atoms with van der Waals surface area (Å²) in [6.45, 7) is 2.36. The van der Waals surface area contributed by atoms with E-state index in [1.54, 1.807) is 31.2 Å². The maximum Gasteiger partial charge on any atom is 0.305 e. The van der Waals surface area contributed by atoms with Gasteiger partial charge in [-0.25, -0.2) is 0 Å². The van der Waals surface area contributed by atoms with Crippen LogP contribution in [0.25, 0.3) is 0 Å². The second kappa shape index (κ2) is 34.6. The highest BCUT2D eigenvalue weighted by molar-refractivity contribution is 7.80. The largest absolute Gasteiger partial charge is 0.494 e. The predicted octanol–water partition coefficient (Wildman–Crippen LogP) is -7.05. The van der Waals surface area contributed by atoms with Crippen molar-refractivity contribution in [2.75, 3.05) is 44.3 Å². The van der Waals surface area contributed by atoms with Crippen LogP contribution in [0, 0.1) is 0 Å². The first-order valence-corrected chi connectivity index (χ1v) is 26.1. The lowest BCUT2D eigenvalue weighted by Gasteiger charge is -2.30. The van der Waals surface area contributed by atoms with Crippen LogP contribution in [-0.2, 0) is 64.0 Å². The van der Waals surface area contributed by atoms with Crippen molar-refractivity contribution in [3.63, 3.8) is 0 Å². The molecule has 1 saturated heterocycles. The van der Waals surface area contributed by atoms with Gasteiger partial charge in [-0.15, -0.1) is 0 Å². The number of hydrogen-bond donors (Lipinski definition) is 17. The molecule has 31 nitrogen and oxygen atoms in total. The van der Waals surface area contributed by atoms with Gasteiger partial charge in [-0.3, -0.25) is 67.5 Å². The average molecular weight is 1150 g/mol. The zero-order valence-corrected chi connectivity index (χ0v) is 45.5. The van der Waals surface area contributed by atoms with Crippen molar-refractivity contribution in [3.8, 4) is 5.75 Å². The molecule has 1 aromatic rings. The minimum Gasteiger partial charge on any atom is -0.494 e. The number of carboxylic acids is 1. The van der Waals surface area contributed by atoms with Crippen molar-refractivity contribution in [2.45, 2.75) is 120 Å². The second-order valence-electron chi connectivity index (χ2n) is 17.8. The second-order valence-corrected chi connectivity index (χ2v) is 18.5. The van der Waals surface area contributed by atoms with Crippen LogP contribution < -0.4 is 81.7 Å². The molecule has 0 radical (unpaired) electrons. The van der Waals surface area contributed by atoms with Crippen LogP contribution in [0.3, 0.4) is 0 Å². The molecular weight excluding hydrogens is 1080 g/mol. The molecule has 0 bridgehead atoms. The molecular formula is C46H73N17O14S2. The van der Waals surface area contributed by atoms with Gasteiger partial charge in [0, 0.05) is 44.5 Å². The van der Waals surface area contributed by atoms with Crippen molar-refractivity contribution in [2.24, 2.45) is 44.4 Å². The normalized spacial score (nSPS) is 15.3. The fourth-order valence-corrected chi connectivity index (χ4v) is 8.23. The molecule has 0 saturated carbocycles. The summed E-state index contributed by atoms with van der Waals surface area (Å²) in [4.78, 5) is 166. The quantitative estimate of drug-likeness (QED) is 0.0130. The standard InChI is InChI=1S/C46H73N17O14S2/c1-3-77-25-12-10-24(11-13-25)17-28(40(72)58-27(8-5-15-54-46(51)52)39(71)62-31(21-78)37(48)69)60-41(73)29(19-36(67)68)57-35(66)20-55-38(70)26(7-4-14-53-45(49)50)59-43(75)33-9-6-16-63(33)44(76)30(18-34(47)65)61-42(74)32(22-79)56-23(2)64/h10-13,26-33,78-79H,3-9,14-22H2,1-2H3,(H2,47,65)(H2,48,69)(H,55,70)(H,56,64)(H,57,66)(H,58,72)(H,59,75)(H,60,73)(H,61,74)(H,62,71)(H,67,68)(H4,49,50,53)(H4,51,52,54)/t26-,27-,28-,29-,30-,31-,32-,33-/m0/s1. The summed E-state index contributed by atoms with van der Waals surface area (Å²) in [5.74, 6) is -12.1. The van der Waals surface area contributed by atoms with Gasteiger partial charge >= 0.3 is 5.97 Å². The van der Waals surface area contributed by atoms with Crippen LogP contribution in [0.4, 0.5) is 0 Å². The van der Waals surface area contributed by atoms with Crippen molar-refractivity contribution < 1.29 is 67.4 Å². The topological polar surface area (TPSA) is 515 Å². The third kappa shape index (κ3) is 24.8. The van der Waals surface area contributed by atoms with E-state index in [4.69, 9.17) is 39.1 Å². The minimum absolute atomic E-state index is 0.0144. The van der Waals surface area contributed by atoms with E-state index in [9.17, 15) is 62.6 Å². The summed E-state index contributed by atoms with van der Waals surface area (Å²) in [5, 5.41) is 29.1. The number of carbonyl (C=O) groups is 12. The van der Waals surface area contributed by atoms with Crippen LogP contribution in [0.1, 0.15) is 70.8 Å². The molecule has 1 aliphatic rings. The number of guanidine groups is 2. The van der Waals surface area contributed by atoms with Gasteiger partial charge in [0.1, 0.15) is 54.1 Å². The van der Waals surface area contributed by atoms with Gasteiger partial charge < -0.3 is 91.7 Å². The fraction of sp³-hybridized carbons (Fsp3) is 0.565.